The fourth-order valence-corrected chi connectivity index (χ4v) is 4.10. The summed E-state index contributed by atoms with van der Waals surface area (Å²) in [5, 5.41) is 18.4. The highest BCUT2D eigenvalue weighted by Crippen LogP contribution is 2.37. The standard InChI is InChI=1S/C23H22BrCl2N3O4/c1-32-22-11-15(13-27-8-9-28-18-4-6-19(7-5-18)29(30)31)10-20(24)23(22)33-14-16-2-3-17(25)12-21(16)26/h2-7,10-12,27-28H,8-9,13-14H2,1H3. The molecule has 10 heteroatoms. The molecule has 0 spiro atoms. The van der Waals surface area contributed by atoms with Gasteiger partial charge in [0.05, 0.1) is 16.5 Å². The number of nitrogens with zero attached hydrogens (tertiary/aromatic N) is 1. The van der Waals surface area contributed by atoms with Crippen molar-refractivity contribution in [2.45, 2.75) is 13.2 Å². The van der Waals surface area contributed by atoms with E-state index in [9.17, 15) is 10.1 Å². The summed E-state index contributed by atoms with van der Waals surface area (Å²) >= 11 is 15.7. The second-order valence-electron chi connectivity index (χ2n) is 7.04. The predicted octanol–water partition coefficient (Wildman–Crippen LogP) is 6.45. The van der Waals surface area contributed by atoms with Gasteiger partial charge in [-0.15, -0.1) is 0 Å². The van der Waals surface area contributed by atoms with Crippen molar-refractivity contribution in [1.82, 2.24) is 5.32 Å². The van der Waals surface area contributed by atoms with Crippen LogP contribution in [0.25, 0.3) is 0 Å². The Hall–Kier alpha value is -2.52. The van der Waals surface area contributed by atoms with E-state index in [0.717, 1.165) is 21.3 Å². The van der Waals surface area contributed by atoms with E-state index in [0.29, 0.717) is 41.2 Å². The first-order valence-corrected chi connectivity index (χ1v) is 11.5. The highest BCUT2D eigenvalue weighted by atomic mass is 79.9. The minimum Gasteiger partial charge on any atom is -0.493 e. The van der Waals surface area contributed by atoms with Crippen LogP contribution >= 0.6 is 39.1 Å². The molecule has 3 aromatic carbocycles. The minimum atomic E-state index is -0.416. The molecule has 0 radical (unpaired) electrons. The van der Waals surface area contributed by atoms with E-state index in [1.165, 1.54) is 12.1 Å². The van der Waals surface area contributed by atoms with Gasteiger partial charge in [0.25, 0.3) is 5.69 Å². The number of benzene rings is 3. The van der Waals surface area contributed by atoms with Crippen molar-refractivity contribution in [2.75, 3.05) is 25.5 Å². The fraction of sp³-hybridized carbons (Fsp3) is 0.217. The zero-order valence-electron chi connectivity index (χ0n) is 17.7. The number of non-ortho nitro benzene ring substituents is 1. The molecule has 0 unspecified atom stereocenters. The molecule has 0 aliphatic rings. The summed E-state index contributed by atoms with van der Waals surface area (Å²) in [5.41, 5.74) is 2.74. The Morgan fingerprint density at radius 2 is 1.82 bits per heavy atom. The van der Waals surface area contributed by atoms with Gasteiger partial charge in [0.15, 0.2) is 11.5 Å². The maximum atomic E-state index is 10.7. The predicted molar refractivity (Wildman–Crippen MR) is 135 cm³/mol. The second kappa shape index (κ2) is 12.1. The molecule has 0 aromatic heterocycles. The number of hydrogen-bond acceptors (Lipinski definition) is 6. The highest BCUT2D eigenvalue weighted by molar-refractivity contribution is 9.10. The van der Waals surface area contributed by atoms with E-state index >= 15 is 0 Å². The van der Waals surface area contributed by atoms with Crippen molar-refractivity contribution in [3.05, 3.63) is 90.4 Å². The summed E-state index contributed by atoms with van der Waals surface area (Å²) in [7, 11) is 1.59. The van der Waals surface area contributed by atoms with Crippen LogP contribution in [-0.4, -0.2) is 25.1 Å². The molecule has 0 fully saturated rings. The fourth-order valence-electron chi connectivity index (χ4n) is 3.03. The summed E-state index contributed by atoms with van der Waals surface area (Å²) in [5.74, 6) is 1.20. The van der Waals surface area contributed by atoms with Gasteiger partial charge in [-0.25, -0.2) is 0 Å². The number of anilines is 1. The summed E-state index contributed by atoms with van der Waals surface area (Å²) in [6.07, 6.45) is 0. The van der Waals surface area contributed by atoms with Crippen molar-refractivity contribution < 1.29 is 14.4 Å². The van der Waals surface area contributed by atoms with Crippen LogP contribution in [0.2, 0.25) is 10.0 Å². The van der Waals surface area contributed by atoms with Gasteiger partial charge in [-0.05, 0) is 57.9 Å². The molecular formula is C23H22BrCl2N3O4. The quantitative estimate of drug-likeness (QED) is 0.161. The van der Waals surface area contributed by atoms with Gasteiger partial charge in [-0.1, -0.05) is 29.3 Å². The number of nitrogens with one attached hydrogen (secondary N) is 2. The number of rotatable bonds is 11. The van der Waals surface area contributed by atoms with Crippen LogP contribution in [0.4, 0.5) is 11.4 Å². The third-order valence-electron chi connectivity index (χ3n) is 4.71. The molecule has 0 aliphatic heterocycles. The van der Waals surface area contributed by atoms with Gasteiger partial charge in [0.2, 0.25) is 0 Å². The van der Waals surface area contributed by atoms with Gasteiger partial charge in [-0.2, -0.15) is 0 Å². The molecule has 0 heterocycles. The Bertz CT molecular complexity index is 1110. The van der Waals surface area contributed by atoms with Crippen LogP contribution in [0.15, 0.2) is 59.1 Å². The SMILES string of the molecule is COc1cc(CNCCNc2ccc([N+](=O)[O-])cc2)cc(Br)c1OCc1ccc(Cl)cc1Cl. The molecular weight excluding hydrogens is 533 g/mol. The average molecular weight is 555 g/mol. The lowest BCUT2D eigenvalue weighted by Crippen LogP contribution is -2.21. The lowest BCUT2D eigenvalue weighted by molar-refractivity contribution is -0.384. The summed E-state index contributed by atoms with van der Waals surface area (Å²) in [4.78, 5) is 10.3. The Kier molecular flexibility index (Phi) is 9.20. The van der Waals surface area contributed by atoms with Crippen molar-refractivity contribution >= 4 is 50.5 Å². The average Bonchev–Trinajstić information content (AvgIpc) is 2.79. The first-order valence-electron chi connectivity index (χ1n) is 9.99. The van der Waals surface area contributed by atoms with Crippen LogP contribution < -0.4 is 20.1 Å². The van der Waals surface area contributed by atoms with Gasteiger partial charge < -0.3 is 20.1 Å². The van der Waals surface area contributed by atoms with Crippen molar-refractivity contribution in [3.63, 3.8) is 0 Å². The van der Waals surface area contributed by atoms with Crippen molar-refractivity contribution in [1.29, 1.82) is 0 Å². The zero-order valence-corrected chi connectivity index (χ0v) is 20.8. The maximum absolute atomic E-state index is 10.7. The van der Waals surface area contributed by atoms with E-state index in [-0.39, 0.29) is 12.3 Å². The molecule has 0 saturated carbocycles. The van der Waals surface area contributed by atoms with Crippen LogP contribution in [0.1, 0.15) is 11.1 Å². The van der Waals surface area contributed by atoms with Crippen LogP contribution in [0, 0.1) is 10.1 Å². The van der Waals surface area contributed by atoms with E-state index in [1.807, 2.05) is 18.2 Å². The Labute approximate surface area is 210 Å². The molecule has 0 amide bonds. The smallest absolute Gasteiger partial charge is 0.269 e. The lowest BCUT2D eigenvalue weighted by Gasteiger charge is -2.15. The summed E-state index contributed by atoms with van der Waals surface area (Å²) in [6.45, 7) is 2.26. The third-order valence-corrected chi connectivity index (χ3v) is 5.89. The van der Waals surface area contributed by atoms with E-state index in [4.69, 9.17) is 32.7 Å². The zero-order chi connectivity index (χ0) is 23.8. The van der Waals surface area contributed by atoms with Gasteiger partial charge in [-0.3, -0.25) is 10.1 Å². The molecule has 7 nitrogen and oxygen atoms in total. The Balaban J connectivity index is 1.51. The first-order chi connectivity index (χ1) is 15.9. The van der Waals surface area contributed by atoms with Crippen LogP contribution in [-0.2, 0) is 13.2 Å². The molecule has 2 N–H and O–H groups in total. The number of hydrogen-bond donors (Lipinski definition) is 2. The Morgan fingerprint density at radius 3 is 2.48 bits per heavy atom. The normalized spacial score (nSPS) is 10.7. The van der Waals surface area contributed by atoms with Gasteiger partial charge in [0.1, 0.15) is 6.61 Å². The molecule has 0 saturated heterocycles. The number of nitro benzene ring substituents is 1. The first kappa shape index (κ1) is 25.1. The molecule has 33 heavy (non-hydrogen) atoms. The molecule has 174 valence electrons. The summed E-state index contributed by atoms with van der Waals surface area (Å²) < 4.78 is 12.3. The van der Waals surface area contributed by atoms with Crippen LogP contribution in [0.5, 0.6) is 11.5 Å². The van der Waals surface area contributed by atoms with Gasteiger partial charge >= 0.3 is 0 Å². The number of methoxy groups -OCH3 is 1. The van der Waals surface area contributed by atoms with E-state index in [1.54, 1.807) is 31.4 Å². The summed E-state index contributed by atoms with van der Waals surface area (Å²) in [6, 6.07) is 15.5. The van der Waals surface area contributed by atoms with Crippen molar-refractivity contribution in [3.8, 4) is 11.5 Å². The molecule has 3 aromatic rings. The monoisotopic (exact) mass is 553 g/mol. The largest absolute Gasteiger partial charge is 0.493 e. The molecule has 0 bridgehead atoms. The van der Waals surface area contributed by atoms with E-state index < -0.39 is 4.92 Å². The number of nitro groups is 1. The lowest BCUT2D eigenvalue weighted by atomic mass is 10.2. The van der Waals surface area contributed by atoms with Crippen molar-refractivity contribution in [2.24, 2.45) is 0 Å². The molecule has 0 atom stereocenters. The number of ether oxygens (including phenoxy) is 2. The molecule has 3 rings (SSSR count). The van der Waals surface area contributed by atoms with E-state index in [2.05, 4.69) is 26.6 Å². The highest BCUT2D eigenvalue weighted by Gasteiger charge is 2.13. The maximum Gasteiger partial charge on any atom is 0.269 e. The Morgan fingerprint density at radius 1 is 1.06 bits per heavy atom. The number of halogens is 3. The molecule has 0 aliphatic carbocycles. The second-order valence-corrected chi connectivity index (χ2v) is 8.74. The topological polar surface area (TPSA) is 85.7 Å². The van der Waals surface area contributed by atoms with Gasteiger partial charge in [0, 0.05) is 53.1 Å². The minimum absolute atomic E-state index is 0.0712. The van der Waals surface area contributed by atoms with Crippen LogP contribution in [0.3, 0.4) is 0 Å². The third kappa shape index (κ3) is 7.23.